The number of amides is 3. The Morgan fingerprint density at radius 2 is 1.79 bits per heavy atom. The second kappa shape index (κ2) is 8.01. The van der Waals surface area contributed by atoms with Crippen molar-refractivity contribution in [3.8, 4) is 0 Å². The standard InChI is InChI=1S/C23H31N3O3/c1-6-19(27)25-14-17(15-25)13-20(28)26-18(12-16-10-8-7-9-11-16)21(29)24(5)22(26)23(2,3)4/h6-11,17-18,22H,1,12-15H2,2-5H3/t18-,22+/m1/s1. The largest absolute Gasteiger partial charge is 0.338 e. The SMILES string of the molecule is C=CC(=O)N1CC(CC(=O)N2[C@H](Cc3ccccc3)C(=O)N(C)[C@@H]2C(C)(C)C)C1. The van der Waals surface area contributed by atoms with E-state index in [-0.39, 0.29) is 35.2 Å². The molecule has 6 heteroatoms. The molecule has 0 aromatic heterocycles. The third kappa shape index (κ3) is 4.21. The van der Waals surface area contributed by atoms with Crippen molar-refractivity contribution in [2.75, 3.05) is 20.1 Å². The Morgan fingerprint density at radius 1 is 1.17 bits per heavy atom. The first-order chi connectivity index (χ1) is 13.6. The Balaban J connectivity index is 1.79. The molecule has 6 nitrogen and oxygen atoms in total. The quantitative estimate of drug-likeness (QED) is 0.717. The molecule has 0 unspecified atom stereocenters. The van der Waals surface area contributed by atoms with Gasteiger partial charge in [-0.15, -0.1) is 0 Å². The molecule has 1 aromatic rings. The van der Waals surface area contributed by atoms with E-state index < -0.39 is 6.04 Å². The Kier molecular flexibility index (Phi) is 5.82. The highest BCUT2D eigenvalue weighted by atomic mass is 16.2. The lowest BCUT2D eigenvalue weighted by atomic mass is 9.89. The fourth-order valence-electron chi connectivity index (χ4n) is 4.52. The lowest BCUT2D eigenvalue weighted by Crippen LogP contribution is -2.54. The minimum absolute atomic E-state index is 0.0146. The number of carbonyl (C=O) groups is 3. The molecule has 2 aliphatic heterocycles. The Labute approximate surface area is 173 Å². The smallest absolute Gasteiger partial charge is 0.247 e. The zero-order valence-corrected chi connectivity index (χ0v) is 17.8. The van der Waals surface area contributed by atoms with E-state index in [0.717, 1.165) is 5.56 Å². The number of likely N-dealkylation sites (tertiary alicyclic amines) is 1. The van der Waals surface area contributed by atoms with Gasteiger partial charge in [-0.05, 0) is 11.6 Å². The van der Waals surface area contributed by atoms with Crippen LogP contribution in [-0.2, 0) is 20.8 Å². The van der Waals surface area contributed by atoms with Gasteiger partial charge in [0.25, 0.3) is 0 Å². The predicted octanol–water partition coefficient (Wildman–Crippen LogP) is 2.30. The lowest BCUT2D eigenvalue weighted by molar-refractivity contribution is -0.144. The fourth-order valence-corrected chi connectivity index (χ4v) is 4.52. The first-order valence-electron chi connectivity index (χ1n) is 10.2. The van der Waals surface area contributed by atoms with Gasteiger partial charge < -0.3 is 14.7 Å². The van der Waals surface area contributed by atoms with Crippen LogP contribution >= 0.6 is 0 Å². The molecule has 0 saturated carbocycles. The molecule has 3 amide bonds. The molecule has 2 aliphatic rings. The van der Waals surface area contributed by atoms with Crippen LogP contribution in [-0.4, -0.2) is 64.8 Å². The molecule has 0 N–H and O–H groups in total. The van der Waals surface area contributed by atoms with Gasteiger partial charge in [-0.25, -0.2) is 0 Å². The molecule has 2 atom stereocenters. The van der Waals surface area contributed by atoms with Crippen molar-refractivity contribution in [3.05, 3.63) is 48.6 Å². The van der Waals surface area contributed by atoms with Crippen LogP contribution in [0.2, 0.25) is 0 Å². The molecule has 156 valence electrons. The highest BCUT2D eigenvalue weighted by molar-refractivity contribution is 5.92. The van der Waals surface area contributed by atoms with Crippen LogP contribution in [0.15, 0.2) is 43.0 Å². The Hall–Kier alpha value is -2.63. The number of carbonyl (C=O) groups excluding carboxylic acids is 3. The van der Waals surface area contributed by atoms with Crippen molar-refractivity contribution in [2.45, 2.75) is 45.8 Å². The van der Waals surface area contributed by atoms with Gasteiger partial charge >= 0.3 is 0 Å². The summed E-state index contributed by atoms with van der Waals surface area (Å²) in [6, 6.07) is 9.33. The number of likely N-dealkylation sites (N-methyl/N-ethyl adjacent to an activating group) is 1. The van der Waals surface area contributed by atoms with Crippen LogP contribution in [0.25, 0.3) is 0 Å². The minimum atomic E-state index is -0.495. The highest BCUT2D eigenvalue weighted by Gasteiger charge is 2.51. The summed E-state index contributed by atoms with van der Waals surface area (Å²) in [6.45, 7) is 10.8. The van der Waals surface area contributed by atoms with Gasteiger partial charge in [0.2, 0.25) is 17.7 Å². The van der Waals surface area contributed by atoms with Crippen LogP contribution in [0.1, 0.15) is 32.8 Å². The zero-order chi connectivity index (χ0) is 21.3. The van der Waals surface area contributed by atoms with E-state index in [2.05, 4.69) is 27.4 Å². The molecule has 2 heterocycles. The summed E-state index contributed by atoms with van der Waals surface area (Å²) in [5.41, 5.74) is 0.772. The topological polar surface area (TPSA) is 60.9 Å². The molecule has 3 rings (SSSR count). The third-order valence-electron chi connectivity index (χ3n) is 5.84. The van der Waals surface area contributed by atoms with E-state index in [0.29, 0.717) is 25.9 Å². The van der Waals surface area contributed by atoms with Crippen LogP contribution < -0.4 is 0 Å². The number of rotatable bonds is 5. The maximum atomic E-state index is 13.4. The number of benzene rings is 1. The molecule has 1 aromatic carbocycles. The summed E-state index contributed by atoms with van der Waals surface area (Å²) in [5, 5.41) is 0. The number of hydrogen-bond donors (Lipinski definition) is 0. The Bertz CT molecular complexity index is 793. The van der Waals surface area contributed by atoms with E-state index in [1.54, 1.807) is 21.7 Å². The zero-order valence-electron chi connectivity index (χ0n) is 17.8. The van der Waals surface area contributed by atoms with Crippen molar-refractivity contribution in [3.63, 3.8) is 0 Å². The van der Waals surface area contributed by atoms with Crippen molar-refractivity contribution >= 4 is 17.7 Å². The summed E-state index contributed by atoms with van der Waals surface area (Å²) in [5.74, 6) is 0.00293. The molecule has 0 bridgehead atoms. The van der Waals surface area contributed by atoms with Crippen LogP contribution in [0, 0.1) is 11.3 Å². The minimum Gasteiger partial charge on any atom is -0.338 e. The van der Waals surface area contributed by atoms with E-state index >= 15 is 0 Å². The van der Waals surface area contributed by atoms with Gasteiger partial charge in [-0.1, -0.05) is 57.7 Å². The van der Waals surface area contributed by atoms with Gasteiger partial charge in [-0.2, -0.15) is 0 Å². The second-order valence-corrected chi connectivity index (χ2v) is 9.21. The molecule has 0 spiro atoms. The summed E-state index contributed by atoms with van der Waals surface area (Å²) < 4.78 is 0. The molecule has 2 saturated heterocycles. The van der Waals surface area contributed by atoms with Gasteiger partial charge in [0.05, 0.1) is 0 Å². The predicted molar refractivity (Wildman–Crippen MR) is 112 cm³/mol. The summed E-state index contributed by atoms with van der Waals surface area (Å²) in [6.07, 6.45) is 1.87. The van der Waals surface area contributed by atoms with Crippen LogP contribution in [0.4, 0.5) is 0 Å². The normalized spacial score (nSPS) is 22.6. The monoisotopic (exact) mass is 397 g/mol. The number of hydrogen-bond acceptors (Lipinski definition) is 3. The molecule has 2 fully saturated rings. The van der Waals surface area contributed by atoms with E-state index in [1.807, 2.05) is 30.3 Å². The van der Waals surface area contributed by atoms with E-state index in [9.17, 15) is 14.4 Å². The van der Waals surface area contributed by atoms with Crippen LogP contribution in [0.3, 0.4) is 0 Å². The summed E-state index contributed by atoms with van der Waals surface area (Å²) in [7, 11) is 1.79. The fraction of sp³-hybridized carbons (Fsp3) is 0.522. The van der Waals surface area contributed by atoms with Crippen molar-refractivity contribution < 1.29 is 14.4 Å². The van der Waals surface area contributed by atoms with Gasteiger partial charge in [0, 0.05) is 44.3 Å². The molecule has 29 heavy (non-hydrogen) atoms. The molecule has 0 radical (unpaired) electrons. The third-order valence-corrected chi connectivity index (χ3v) is 5.84. The second-order valence-electron chi connectivity index (χ2n) is 9.21. The van der Waals surface area contributed by atoms with Crippen molar-refractivity contribution in [2.24, 2.45) is 11.3 Å². The Morgan fingerprint density at radius 3 is 2.34 bits per heavy atom. The van der Waals surface area contributed by atoms with E-state index in [1.165, 1.54) is 6.08 Å². The molecular weight excluding hydrogens is 366 g/mol. The maximum Gasteiger partial charge on any atom is 0.247 e. The average Bonchev–Trinajstić information content (AvgIpc) is 2.89. The molecule has 0 aliphatic carbocycles. The van der Waals surface area contributed by atoms with Crippen molar-refractivity contribution in [1.29, 1.82) is 0 Å². The number of nitrogens with zero attached hydrogens (tertiary/aromatic N) is 3. The van der Waals surface area contributed by atoms with Gasteiger partial charge in [0.15, 0.2) is 0 Å². The maximum absolute atomic E-state index is 13.4. The average molecular weight is 398 g/mol. The van der Waals surface area contributed by atoms with E-state index in [4.69, 9.17) is 0 Å². The first-order valence-corrected chi connectivity index (χ1v) is 10.2. The van der Waals surface area contributed by atoms with Gasteiger partial charge in [-0.3, -0.25) is 14.4 Å². The first kappa shape index (κ1) is 21.1. The summed E-state index contributed by atoms with van der Waals surface area (Å²) >= 11 is 0. The van der Waals surface area contributed by atoms with Crippen molar-refractivity contribution in [1.82, 2.24) is 14.7 Å². The molecular formula is C23H31N3O3. The highest BCUT2D eigenvalue weighted by Crippen LogP contribution is 2.36. The van der Waals surface area contributed by atoms with Crippen LogP contribution in [0.5, 0.6) is 0 Å². The van der Waals surface area contributed by atoms with Gasteiger partial charge in [0.1, 0.15) is 12.2 Å². The summed E-state index contributed by atoms with van der Waals surface area (Å²) in [4.78, 5) is 43.3. The lowest BCUT2D eigenvalue weighted by Gasteiger charge is -2.42.